The molecule has 2 heterocycles. The maximum absolute atomic E-state index is 12.9. The molecule has 1 aromatic heterocycles. The van der Waals surface area contributed by atoms with Crippen LogP contribution in [0.4, 0.5) is 0 Å². The number of nitrogens with one attached hydrogen (secondary N) is 1. The zero-order valence-electron chi connectivity index (χ0n) is 16.1. The highest BCUT2D eigenvalue weighted by molar-refractivity contribution is 5.79. The average molecular weight is 357 g/mol. The summed E-state index contributed by atoms with van der Waals surface area (Å²) in [6.07, 6.45) is 0.659. The molecule has 6 nitrogen and oxygen atoms in total. The number of benzene rings is 1. The molecule has 3 rings (SSSR count). The van der Waals surface area contributed by atoms with Crippen LogP contribution < -0.4 is 9.47 Å². The molecule has 0 spiro atoms. The lowest BCUT2D eigenvalue weighted by Crippen LogP contribution is -2.38. The van der Waals surface area contributed by atoms with Gasteiger partial charge in [0, 0.05) is 12.5 Å². The lowest BCUT2D eigenvalue weighted by molar-refractivity contribution is -0.136. The lowest BCUT2D eigenvalue weighted by Gasteiger charge is -2.28. The third kappa shape index (κ3) is 3.69. The van der Waals surface area contributed by atoms with Crippen LogP contribution in [0.2, 0.25) is 0 Å². The van der Waals surface area contributed by atoms with Crippen molar-refractivity contribution >= 4 is 5.91 Å². The monoisotopic (exact) mass is 357 g/mol. The van der Waals surface area contributed by atoms with Crippen LogP contribution in [0.15, 0.2) is 24.3 Å². The first-order chi connectivity index (χ1) is 12.3. The number of para-hydroxylation sites is 1. The van der Waals surface area contributed by atoms with Crippen molar-refractivity contribution in [2.45, 2.75) is 39.2 Å². The third-order valence-corrected chi connectivity index (χ3v) is 4.71. The van der Waals surface area contributed by atoms with Crippen LogP contribution in [0.3, 0.4) is 0 Å². The summed E-state index contributed by atoms with van der Waals surface area (Å²) in [6, 6.07) is 7.82. The van der Waals surface area contributed by atoms with E-state index in [-0.39, 0.29) is 17.2 Å². The Balaban J connectivity index is 1.67. The molecule has 0 fully saturated rings. The maximum Gasteiger partial charge on any atom is 0.229 e. The fourth-order valence-corrected chi connectivity index (χ4v) is 3.19. The van der Waals surface area contributed by atoms with Gasteiger partial charge in [-0.2, -0.15) is 5.10 Å². The predicted octanol–water partition coefficient (Wildman–Crippen LogP) is 2.93. The molecule has 1 N–H and O–H groups in total. The van der Waals surface area contributed by atoms with Crippen LogP contribution in [0.25, 0.3) is 0 Å². The Kier molecular flexibility index (Phi) is 4.94. The van der Waals surface area contributed by atoms with Crippen molar-refractivity contribution in [1.82, 2.24) is 15.1 Å². The summed E-state index contributed by atoms with van der Waals surface area (Å²) in [4.78, 5) is 14.6. The fraction of sp³-hybridized carbons (Fsp3) is 0.500. The normalized spacial score (nSPS) is 16.6. The molecule has 0 radical (unpaired) electrons. The second-order valence-electron chi connectivity index (χ2n) is 7.88. The number of carbonyl (C=O) groups is 1. The van der Waals surface area contributed by atoms with E-state index in [1.807, 2.05) is 31.3 Å². The minimum atomic E-state index is -0.190. The largest absolute Gasteiger partial charge is 0.493 e. The first-order valence-electron chi connectivity index (χ1n) is 8.88. The zero-order chi connectivity index (χ0) is 18.9. The molecule has 0 saturated heterocycles. The number of amides is 1. The summed E-state index contributed by atoms with van der Waals surface area (Å²) >= 11 is 0. The molecule has 0 aliphatic carbocycles. The first kappa shape index (κ1) is 18.3. The molecular weight excluding hydrogens is 330 g/mol. The molecule has 26 heavy (non-hydrogen) atoms. The Hall–Kier alpha value is -2.50. The molecule has 6 heteroatoms. The number of aromatic amines is 1. The van der Waals surface area contributed by atoms with Crippen molar-refractivity contribution in [3.63, 3.8) is 0 Å². The zero-order valence-corrected chi connectivity index (χ0v) is 16.1. The molecule has 1 aromatic carbocycles. The van der Waals surface area contributed by atoms with Gasteiger partial charge in [0.05, 0.1) is 31.0 Å². The van der Waals surface area contributed by atoms with E-state index >= 15 is 0 Å². The highest BCUT2D eigenvalue weighted by atomic mass is 16.5. The van der Waals surface area contributed by atoms with E-state index in [9.17, 15) is 4.79 Å². The molecule has 1 atom stereocenters. The number of H-pyrrole nitrogens is 1. The molecule has 0 bridgehead atoms. The van der Waals surface area contributed by atoms with E-state index in [0.29, 0.717) is 25.3 Å². The van der Waals surface area contributed by atoms with Gasteiger partial charge in [0.15, 0.2) is 11.5 Å². The van der Waals surface area contributed by atoms with E-state index in [0.717, 1.165) is 22.7 Å². The second-order valence-corrected chi connectivity index (χ2v) is 7.88. The number of rotatable bonds is 4. The van der Waals surface area contributed by atoms with Gasteiger partial charge in [-0.3, -0.25) is 9.89 Å². The number of methoxy groups -OCH3 is 1. The fourth-order valence-electron chi connectivity index (χ4n) is 3.19. The Morgan fingerprint density at radius 2 is 2.19 bits per heavy atom. The van der Waals surface area contributed by atoms with Crippen molar-refractivity contribution in [1.29, 1.82) is 0 Å². The number of ether oxygens (including phenoxy) is 2. The van der Waals surface area contributed by atoms with Gasteiger partial charge < -0.3 is 14.4 Å². The number of carbonyl (C=O) groups excluding carboxylic acids is 1. The number of aromatic nitrogens is 2. The van der Waals surface area contributed by atoms with Gasteiger partial charge in [0.25, 0.3) is 0 Å². The molecule has 2 aromatic rings. The predicted molar refractivity (Wildman–Crippen MR) is 99.4 cm³/mol. The van der Waals surface area contributed by atoms with E-state index in [2.05, 4.69) is 31.0 Å². The Labute approximate surface area is 154 Å². The van der Waals surface area contributed by atoms with Crippen LogP contribution in [0.1, 0.15) is 37.7 Å². The van der Waals surface area contributed by atoms with E-state index in [1.54, 1.807) is 12.0 Å². The Morgan fingerprint density at radius 3 is 2.85 bits per heavy atom. The molecule has 140 valence electrons. The van der Waals surface area contributed by atoms with Gasteiger partial charge in [-0.15, -0.1) is 0 Å². The molecule has 1 amide bonds. The summed E-state index contributed by atoms with van der Waals surface area (Å²) in [5, 5.41) is 7.40. The molecular formula is C20H27N3O3. The summed E-state index contributed by atoms with van der Waals surface area (Å²) in [5.74, 6) is 1.36. The van der Waals surface area contributed by atoms with E-state index in [4.69, 9.17) is 9.47 Å². The maximum atomic E-state index is 12.9. The van der Waals surface area contributed by atoms with Gasteiger partial charge in [0.1, 0.15) is 6.61 Å². The van der Waals surface area contributed by atoms with E-state index < -0.39 is 0 Å². The summed E-state index contributed by atoms with van der Waals surface area (Å²) < 4.78 is 11.2. The SMILES string of the molecule is COc1cccc2c1OC[C@H](C(=O)N(C)Cc1cc(C(C)(C)C)n[nH]1)C2. The van der Waals surface area contributed by atoms with Crippen molar-refractivity contribution in [2.24, 2.45) is 5.92 Å². The minimum Gasteiger partial charge on any atom is -0.493 e. The Bertz CT molecular complexity index is 792. The van der Waals surface area contributed by atoms with Crippen molar-refractivity contribution in [3.05, 3.63) is 41.2 Å². The van der Waals surface area contributed by atoms with Gasteiger partial charge in [-0.05, 0) is 24.1 Å². The van der Waals surface area contributed by atoms with Crippen LogP contribution in [-0.4, -0.2) is 41.8 Å². The van der Waals surface area contributed by atoms with Gasteiger partial charge in [0.2, 0.25) is 5.91 Å². The highest BCUT2D eigenvalue weighted by Crippen LogP contribution is 2.36. The third-order valence-electron chi connectivity index (χ3n) is 4.71. The smallest absolute Gasteiger partial charge is 0.229 e. The quantitative estimate of drug-likeness (QED) is 0.914. The van der Waals surface area contributed by atoms with Gasteiger partial charge in [-0.25, -0.2) is 0 Å². The summed E-state index contributed by atoms with van der Waals surface area (Å²) in [5.41, 5.74) is 2.93. The molecule has 1 aliphatic heterocycles. The average Bonchev–Trinajstić information content (AvgIpc) is 3.08. The second kappa shape index (κ2) is 7.02. The van der Waals surface area contributed by atoms with Crippen LogP contribution >= 0.6 is 0 Å². The number of nitrogens with zero attached hydrogens (tertiary/aromatic N) is 2. The highest BCUT2D eigenvalue weighted by Gasteiger charge is 2.30. The van der Waals surface area contributed by atoms with Crippen molar-refractivity contribution in [2.75, 3.05) is 20.8 Å². The topological polar surface area (TPSA) is 67.5 Å². The van der Waals surface area contributed by atoms with Crippen LogP contribution in [0, 0.1) is 5.92 Å². The van der Waals surface area contributed by atoms with Crippen molar-refractivity contribution < 1.29 is 14.3 Å². The number of hydrogen-bond donors (Lipinski definition) is 1. The van der Waals surface area contributed by atoms with Crippen LogP contribution in [0.5, 0.6) is 11.5 Å². The molecule has 1 aliphatic rings. The van der Waals surface area contributed by atoms with Crippen LogP contribution in [-0.2, 0) is 23.2 Å². The molecule has 0 saturated carbocycles. The summed E-state index contributed by atoms with van der Waals surface area (Å²) in [6.45, 7) is 7.23. The first-order valence-corrected chi connectivity index (χ1v) is 8.88. The Morgan fingerprint density at radius 1 is 1.42 bits per heavy atom. The van der Waals surface area contributed by atoms with E-state index in [1.165, 1.54) is 0 Å². The minimum absolute atomic E-state index is 0.0166. The van der Waals surface area contributed by atoms with Gasteiger partial charge in [-0.1, -0.05) is 32.9 Å². The van der Waals surface area contributed by atoms with Gasteiger partial charge >= 0.3 is 0 Å². The summed E-state index contributed by atoms with van der Waals surface area (Å²) in [7, 11) is 3.45. The van der Waals surface area contributed by atoms with Crippen molar-refractivity contribution in [3.8, 4) is 11.5 Å². The number of fused-ring (bicyclic) bond motifs is 1. The number of hydrogen-bond acceptors (Lipinski definition) is 4. The standard InChI is InChI=1S/C20H27N3O3/c1-20(2,3)17-10-15(21-22-17)11-23(4)19(24)14-9-13-7-6-8-16(25-5)18(13)26-12-14/h6-8,10,14H,9,11-12H2,1-5H3,(H,21,22)/t14-/m1/s1. The molecule has 0 unspecified atom stereocenters. The lowest BCUT2D eigenvalue weighted by atomic mass is 9.92.